The van der Waals surface area contributed by atoms with Crippen molar-refractivity contribution >= 4 is 23.4 Å². The van der Waals surface area contributed by atoms with Gasteiger partial charge in [-0.1, -0.05) is 55.8 Å². The van der Waals surface area contributed by atoms with Crippen molar-refractivity contribution in [1.82, 2.24) is 20.2 Å². The molecule has 0 aliphatic carbocycles. The van der Waals surface area contributed by atoms with Gasteiger partial charge < -0.3 is 4.74 Å². The Morgan fingerprint density at radius 2 is 1.97 bits per heavy atom. The smallest absolute Gasteiger partial charge is 0.247 e. The summed E-state index contributed by atoms with van der Waals surface area (Å²) in [6.07, 6.45) is 4.36. The van der Waals surface area contributed by atoms with Crippen molar-refractivity contribution in [2.75, 3.05) is 10.7 Å². The molecule has 1 aromatic carbocycles. The molecule has 2 aromatic heterocycles. The quantitative estimate of drug-likeness (QED) is 0.423. The van der Waals surface area contributed by atoms with Gasteiger partial charge in [0, 0.05) is 24.4 Å². The van der Waals surface area contributed by atoms with E-state index in [1.165, 1.54) is 13.3 Å². The van der Waals surface area contributed by atoms with Crippen LogP contribution in [0, 0.1) is 0 Å². The number of unbranched alkanes of at least 4 members (excludes halogenated alkanes) is 2. The van der Waals surface area contributed by atoms with E-state index in [1.807, 2.05) is 42.5 Å². The van der Waals surface area contributed by atoms with Crippen LogP contribution in [0.15, 0.2) is 53.8 Å². The van der Waals surface area contributed by atoms with E-state index in [9.17, 15) is 4.79 Å². The number of hydrogen-bond donors (Lipinski definition) is 0. The maximum Gasteiger partial charge on any atom is 0.247 e. The van der Waals surface area contributed by atoms with Crippen molar-refractivity contribution < 1.29 is 9.53 Å². The standard InChI is InChI=1S/C22H23N5O2S/c1-3-4-9-14-30-22-24-20-19(25-26-22)16-10-5-6-12-18(16)27(15(2)28)21(29-20)17-11-7-8-13-23-17/h5-8,10-13,21H,3-4,9,14H2,1-2H3/t21-/m1/s1. The maximum atomic E-state index is 12.7. The van der Waals surface area contributed by atoms with Gasteiger partial charge in [-0.25, -0.2) is 0 Å². The highest BCUT2D eigenvalue weighted by molar-refractivity contribution is 7.99. The van der Waals surface area contributed by atoms with Crippen LogP contribution in [-0.4, -0.2) is 31.8 Å². The second-order valence-corrected chi connectivity index (χ2v) is 8.00. The maximum absolute atomic E-state index is 12.7. The fourth-order valence-electron chi connectivity index (χ4n) is 3.34. The third kappa shape index (κ3) is 4.14. The Morgan fingerprint density at radius 1 is 1.13 bits per heavy atom. The number of para-hydroxylation sites is 1. The lowest BCUT2D eigenvalue weighted by molar-refractivity contribution is -0.118. The van der Waals surface area contributed by atoms with Gasteiger partial charge in [-0.2, -0.15) is 4.98 Å². The average molecular weight is 422 g/mol. The van der Waals surface area contributed by atoms with Crippen molar-refractivity contribution in [3.8, 4) is 17.1 Å². The van der Waals surface area contributed by atoms with Crippen LogP contribution in [0.3, 0.4) is 0 Å². The molecule has 154 valence electrons. The highest BCUT2D eigenvalue weighted by Crippen LogP contribution is 2.42. The predicted molar refractivity (Wildman–Crippen MR) is 116 cm³/mol. The molecule has 0 saturated carbocycles. The monoisotopic (exact) mass is 421 g/mol. The molecule has 0 radical (unpaired) electrons. The lowest BCUT2D eigenvalue weighted by Crippen LogP contribution is -2.36. The molecule has 0 N–H and O–H groups in total. The molecule has 0 spiro atoms. The molecule has 0 bridgehead atoms. The lowest BCUT2D eigenvalue weighted by atomic mass is 10.1. The van der Waals surface area contributed by atoms with Crippen LogP contribution < -0.4 is 9.64 Å². The van der Waals surface area contributed by atoms with Gasteiger partial charge in [0.1, 0.15) is 5.69 Å². The number of fused-ring (bicyclic) bond motifs is 3. The summed E-state index contributed by atoms with van der Waals surface area (Å²) in [4.78, 5) is 23.3. The summed E-state index contributed by atoms with van der Waals surface area (Å²) in [6, 6.07) is 13.1. The summed E-state index contributed by atoms with van der Waals surface area (Å²) >= 11 is 1.56. The Hall–Kier alpha value is -3.00. The van der Waals surface area contributed by atoms with Gasteiger partial charge in [0.05, 0.1) is 5.69 Å². The summed E-state index contributed by atoms with van der Waals surface area (Å²) in [6.45, 7) is 3.69. The number of carbonyl (C=O) groups excluding carboxylic acids is 1. The number of nitrogens with zero attached hydrogens (tertiary/aromatic N) is 5. The summed E-state index contributed by atoms with van der Waals surface area (Å²) in [5.41, 5.74) is 2.59. The van der Waals surface area contributed by atoms with Crippen LogP contribution in [0.5, 0.6) is 5.88 Å². The first kappa shape index (κ1) is 20.3. The van der Waals surface area contributed by atoms with E-state index < -0.39 is 6.23 Å². The molecule has 8 heteroatoms. The molecule has 1 aliphatic rings. The molecule has 4 rings (SSSR count). The number of hydrogen-bond acceptors (Lipinski definition) is 7. The van der Waals surface area contributed by atoms with Gasteiger partial charge in [-0.15, -0.1) is 10.2 Å². The number of thioether (sulfide) groups is 1. The van der Waals surface area contributed by atoms with Crippen LogP contribution in [0.25, 0.3) is 11.3 Å². The first-order valence-electron chi connectivity index (χ1n) is 10.0. The second kappa shape index (κ2) is 9.21. The zero-order valence-corrected chi connectivity index (χ0v) is 17.8. The van der Waals surface area contributed by atoms with Gasteiger partial charge in [-0.3, -0.25) is 14.7 Å². The van der Waals surface area contributed by atoms with Gasteiger partial charge in [0.15, 0.2) is 5.69 Å². The number of rotatable bonds is 6. The summed E-state index contributed by atoms with van der Waals surface area (Å²) in [5.74, 6) is 1.12. The van der Waals surface area contributed by atoms with Gasteiger partial charge in [-0.05, 0) is 24.6 Å². The number of carbonyl (C=O) groups is 1. The summed E-state index contributed by atoms with van der Waals surface area (Å²) < 4.78 is 6.28. The van der Waals surface area contributed by atoms with Crippen molar-refractivity contribution in [2.24, 2.45) is 0 Å². The third-order valence-electron chi connectivity index (χ3n) is 4.77. The van der Waals surface area contributed by atoms with Crippen LogP contribution in [0.4, 0.5) is 5.69 Å². The minimum absolute atomic E-state index is 0.159. The first-order valence-corrected chi connectivity index (χ1v) is 11.0. The van der Waals surface area contributed by atoms with Crippen LogP contribution >= 0.6 is 11.8 Å². The van der Waals surface area contributed by atoms with Crippen LogP contribution in [-0.2, 0) is 4.79 Å². The lowest BCUT2D eigenvalue weighted by Gasteiger charge is -2.29. The molecule has 0 saturated heterocycles. The molecule has 7 nitrogen and oxygen atoms in total. The van der Waals surface area contributed by atoms with E-state index in [0.717, 1.165) is 24.2 Å². The number of amides is 1. The van der Waals surface area contributed by atoms with Crippen molar-refractivity contribution in [3.63, 3.8) is 0 Å². The van der Waals surface area contributed by atoms with Gasteiger partial charge in [0.2, 0.25) is 23.2 Å². The zero-order valence-electron chi connectivity index (χ0n) is 17.0. The Balaban J connectivity index is 1.79. The van der Waals surface area contributed by atoms with Gasteiger partial charge in [0.25, 0.3) is 0 Å². The number of pyridine rings is 1. The Kier molecular flexibility index (Phi) is 6.23. The molecule has 0 unspecified atom stereocenters. The van der Waals surface area contributed by atoms with E-state index in [4.69, 9.17) is 4.74 Å². The average Bonchev–Trinajstić information content (AvgIpc) is 2.91. The topological polar surface area (TPSA) is 81.1 Å². The first-order chi connectivity index (χ1) is 14.7. The molecular weight excluding hydrogens is 398 g/mol. The molecule has 1 aliphatic heterocycles. The predicted octanol–water partition coefficient (Wildman–Crippen LogP) is 4.66. The number of benzene rings is 1. The summed E-state index contributed by atoms with van der Waals surface area (Å²) in [7, 11) is 0. The summed E-state index contributed by atoms with van der Waals surface area (Å²) in [5, 5.41) is 9.29. The van der Waals surface area contributed by atoms with Crippen molar-refractivity contribution in [2.45, 2.75) is 44.5 Å². The highest BCUT2D eigenvalue weighted by Gasteiger charge is 2.35. The Morgan fingerprint density at radius 3 is 2.73 bits per heavy atom. The largest absolute Gasteiger partial charge is 0.445 e. The van der Waals surface area contributed by atoms with E-state index in [2.05, 4.69) is 27.1 Å². The highest BCUT2D eigenvalue weighted by atomic mass is 32.2. The molecule has 1 amide bonds. The van der Waals surface area contributed by atoms with E-state index in [0.29, 0.717) is 28.1 Å². The third-order valence-corrected chi connectivity index (χ3v) is 5.69. The van der Waals surface area contributed by atoms with E-state index in [-0.39, 0.29) is 5.91 Å². The molecular formula is C22H23N5O2S. The zero-order chi connectivity index (χ0) is 20.9. The van der Waals surface area contributed by atoms with Crippen LogP contribution in [0.2, 0.25) is 0 Å². The molecule has 3 aromatic rings. The molecule has 30 heavy (non-hydrogen) atoms. The van der Waals surface area contributed by atoms with Crippen molar-refractivity contribution in [3.05, 3.63) is 54.4 Å². The fraction of sp³-hybridized carbons (Fsp3) is 0.318. The van der Waals surface area contributed by atoms with Crippen LogP contribution in [0.1, 0.15) is 45.0 Å². The Bertz CT molecular complexity index is 1030. The second-order valence-electron chi connectivity index (χ2n) is 6.93. The molecule has 1 atom stereocenters. The number of ether oxygens (including phenoxy) is 1. The van der Waals surface area contributed by atoms with E-state index in [1.54, 1.807) is 22.9 Å². The Labute approximate surface area is 179 Å². The minimum atomic E-state index is -0.749. The molecule has 3 heterocycles. The normalized spacial score (nSPS) is 15.0. The van der Waals surface area contributed by atoms with Gasteiger partial charge >= 0.3 is 0 Å². The SMILES string of the molecule is CCCCCSc1nnc2c(n1)O[C@H](c1ccccn1)N(C(C)=O)c1ccccc1-2. The number of aromatic nitrogens is 4. The fourth-order valence-corrected chi connectivity index (χ4v) is 4.12. The number of anilines is 1. The van der Waals surface area contributed by atoms with E-state index >= 15 is 0 Å². The van der Waals surface area contributed by atoms with Crippen molar-refractivity contribution in [1.29, 1.82) is 0 Å². The minimum Gasteiger partial charge on any atom is -0.445 e. The molecule has 0 fully saturated rings.